The minimum atomic E-state index is -0.568. The van der Waals surface area contributed by atoms with Crippen molar-refractivity contribution in [2.24, 2.45) is 5.92 Å². The molecular weight excluding hydrogens is 324 g/mol. The fraction of sp³-hybridized carbons (Fsp3) is 0.391. The van der Waals surface area contributed by atoms with E-state index < -0.39 is 11.6 Å². The third-order valence-electron chi connectivity index (χ3n) is 4.61. The highest BCUT2D eigenvalue weighted by Crippen LogP contribution is 2.22. The van der Waals surface area contributed by atoms with Gasteiger partial charge in [-0.15, -0.1) is 6.58 Å². The Labute approximate surface area is 156 Å². The van der Waals surface area contributed by atoms with Crippen LogP contribution in [0, 0.1) is 5.92 Å². The van der Waals surface area contributed by atoms with E-state index in [1.165, 1.54) is 0 Å². The van der Waals surface area contributed by atoms with Gasteiger partial charge in [0.05, 0.1) is 0 Å². The molecule has 1 atom stereocenters. The Morgan fingerprint density at radius 1 is 1.15 bits per heavy atom. The van der Waals surface area contributed by atoms with Gasteiger partial charge in [0.1, 0.15) is 12.0 Å². The molecule has 2 rings (SSSR count). The zero-order valence-corrected chi connectivity index (χ0v) is 16.0. The second-order valence-corrected chi connectivity index (χ2v) is 7.50. The quantitative estimate of drug-likeness (QED) is 0.251. The summed E-state index contributed by atoms with van der Waals surface area (Å²) in [6.07, 6.45) is 4.43. The van der Waals surface area contributed by atoms with Crippen molar-refractivity contribution < 1.29 is 14.3 Å². The first-order valence-electron chi connectivity index (χ1n) is 9.17. The summed E-state index contributed by atoms with van der Waals surface area (Å²) in [5, 5.41) is 2.06. The molecule has 3 heteroatoms. The van der Waals surface area contributed by atoms with E-state index in [1.807, 2.05) is 56.3 Å². The van der Waals surface area contributed by atoms with E-state index in [-0.39, 0.29) is 12.2 Å². The van der Waals surface area contributed by atoms with Crippen LogP contribution in [0.15, 0.2) is 55.1 Å². The van der Waals surface area contributed by atoms with Crippen LogP contribution in [0.1, 0.15) is 56.8 Å². The molecule has 0 bridgehead atoms. The Bertz CT molecular complexity index is 789. The van der Waals surface area contributed by atoms with Crippen molar-refractivity contribution in [2.45, 2.75) is 52.1 Å². The summed E-state index contributed by atoms with van der Waals surface area (Å²) in [4.78, 5) is 24.6. The first kappa shape index (κ1) is 19.9. The van der Waals surface area contributed by atoms with Crippen molar-refractivity contribution in [3.05, 3.63) is 60.7 Å². The maximum absolute atomic E-state index is 12.4. The zero-order valence-electron chi connectivity index (χ0n) is 16.0. The Morgan fingerprint density at radius 3 is 2.54 bits per heavy atom. The Morgan fingerprint density at radius 2 is 1.85 bits per heavy atom. The number of ketones is 1. The topological polar surface area (TPSA) is 43.4 Å². The third-order valence-corrected chi connectivity index (χ3v) is 4.61. The Balaban J connectivity index is 1.91. The average molecular weight is 352 g/mol. The van der Waals surface area contributed by atoms with Crippen molar-refractivity contribution in [1.29, 1.82) is 0 Å². The monoisotopic (exact) mass is 352 g/mol. The molecular formula is C23H28O3. The molecule has 2 aromatic carbocycles. The molecule has 0 saturated heterocycles. The first-order chi connectivity index (χ1) is 12.3. The summed E-state index contributed by atoms with van der Waals surface area (Å²) in [6, 6.07) is 13.3. The number of benzene rings is 2. The number of fused-ring (bicyclic) bond motifs is 1. The number of carbonyl (C=O) groups excluding carboxylic acids is 2. The third kappa shape index (κ3) is 5.83. The van der Waals surface area contributed by atoms with Crippen LogP contribution in [0.5, 0.6) is 0 Å². The standard InChI is InChI=1S/C23H28O3/c1-5-17(2)9-8-14-23(3,4)26-22(25)16-21(24)20-13-12-18-10-6-7-11-19(18)15-20/h5-7,10-13,15,17H,1,8-9,14,16H2,2-4H3. The van der Waals surface area contributed by atoms with E-state index in [1.54, 1.807) is 6.07 Å². The lowest BCUT2D eigenvalue weighted by Crippen LogP contribution is -2.29. The molecule has 0 N–H and O–H groups in total. The summed E-state index contributed by atoms with van der Waals surface area (Å²) in [6.45, 7) is 9.69. The van der Waals surface area contributed by atoms with Gasteiger partial charge in [-0.05, 0) is 55.9 Å². The van der Waals surface area contributed by atoms with E-state index in [0.29, 0.717) is 11.5 Å². The lowest BCUT2D eigenvalue weighted by atomic mass is 9.96. The van der Waals surface area contributed by atoms with Crippen LogP contribution < -0.4 is 0 Å². The SMILES string of the molecule is C=CC(C)CCCC(C)(C)OC(=O)CC(=O)c1ccc2ccccc2c1. The second-order valence-electron chi connectivity index (χ2n) is 7.50. The Kier molecular flexibility index (Phi) is 6.73. The number of allylic oxidation sites excluding steroid dienone is 1. The molecule has 0 aliphatic carbocycles. The minimum absolute atomic E-state index is 0.211. The van der Waals surface area contributed by atoms with Crippen LogP contribution in [0.3, 0.4) is 0 Å². The zero-order chi connectivity index (χ0) is 19.2. The lowest BCUT2D eigenvalue weighted by molar-refractivity contribution is -0.155. The van der Waals surface area contributed by atoms with Crippen LogP contribution in [0.2, 0.25) is 0 Å². The van der Waals surface area contributed by atoms with Crippen LogP contribution in [0.4, 0.5) is 0 Å². The predicted molar refractivity (Wildman–Crippen MR) is 106 cm³/mol. The van der Waals surface area contributed by atoms with Crippen molar-refractivity contribution >= 4 is 22.5 Å². The van der Waals surface area contributed by atoms with Gasteiger partial charge in [-0.1, -0.05) is 49.4 Å². The van der Waals surface area contributed by atoms with Crippen LogP contribution in [-0.4, -0.2) is 17.4 Å². The molecule has 0 amide bonds. The van der Waals surface area contributed by atoms with E-state index in [2.05, 4.69) is 13.5 Å². The molecule has 0 aliphatic heterocycles. The van der Waals surface area contributed by atoms with Gasteiger partial charge in [0, 0.05) is 5.56 Å². The highest BCUT2D eigenvalue weighted by atomic mass is 16.6. The molecule has 0 spiro atoms. The molecule has 0 fully saturated rings. The molecule has 0 aromatic heterocycles. The largest absolute Gasteiger partial charge is 0.459 e. The van der Waals surface area contributed by atoms with Gasteiger partial charge in [-0.25, -0.2) is 0 Å². The van der Waals surface area contributed by atoms with Crippen molar-refractivity contribution in [1.82, 2.24) is 0 Å². The highest BCUT2D eigenvalue weighted by Gasteiger charge is 2.24. The molecule has 0 aliphatic rings. The Hall–Kier alpha value is -2.42. The second kappa shape index (κ2) is 8.79. The van der Waals surface area contributed by atoms with Crippen molar-refractivity contribution in [3.63, 3.8) is 0 Å². The summed E-state index contributed by atoms with van der Waals surface area (Å²) in [5.74, 6) is -0.224. The number of hydrogen-bond acceptors (Lipinski definition) is 3. The first-order valence-corrected chi connectivity index (χ1v) is 9.17. The summed E-state index contributed by atoms with van der Waals surface area (Å²) in [7, 11) is 0. The van der Waals surface area contributed by atoms with Crippen LogP contribution in [-0.2, 0) is 9.53 Å². The average Bonchev–Trinajstić information content (AvgIpc) is 2.60. The normalized spacial score (nSPS) is 12.6. The van der Waals surface area contributed by atoms with E-state index in [4.69, 9.17) is 4.74 Å². The van der Waals surface area contributed by atoms with E-state index >= 15 is 0 Å². The maximum Gasteiger partial charge on any atom is 0.314 e. The van der Waals surface area contributed by atoms with Crippen molar-refractivity contribution in [2.75, 3.05) is 0 Å². The highest BCUT2D eigenvalue weighted by molar-refractivity contribution is 6.07. The number of ether oxygens (including phenoxy) is 1. The summed E-state index contributed by atoms with van der Waals surface area (Å²) in [5.41, 5.74) is -0.0278. The van der Waals surface area contributed by atoms with Crippen molar-refractivity contribution in [3.8, 4) is 0 Å². The fourth-order valence-electron chi connectivity index (χ4n) is 2.96. The van der Waals surface area contributed by atoms with Gasteiger partial charge in [0.25, 0.3) is 0 Å². The number of esters is 1. The lowest BCUT2D eigenvalue weighted by Gasteiger charge is -2.25. The van der Waals surface area contributed by atoms with E-state index in [0.717, 1.165) is 30.0 Å². The van der Waals surface area contributed by atoms with Crippen LogP contribution in [0.25, 0.3) is 10.8 Å². The van der Waals surface area contributed by atoms with Gasteiger partial charge in [0.2, 0.25) is 0 Å². The van der Waals surface area contributed by atoms with Crippen LogP contribution >= 0.6 is 0 Å². The minimum Gasteiger partial charge on any atom is -0.459 e. The van der Waals surface area contributed by atoms with Gasteiger partial charge < -0.3 is 4.74 Å². The molecule has 0 saturated carbocycles. The number of rotatable bonds is 9. The molecule has 3 nitrogen and oxygen atoms in total. The maximum atomic E-state index is 12.4. The molecule has 0 heterocycles. The van der Waals surface area contributed by atoms with Gasteiger partial charge >= 0.3 is 5.97 Å². The number of hydrogen-bond donors (Lipinski definition) is 0. The number of Topliss-reactive ketones (excluding diaryl/α,β-unsaturated/α-hetero) is 1. The smallest absolute Gasteiger partial charge is 0.314 e. The predicted octanol–water partition coefficient (Wildman–Crippen LogP) is 5.73. The summed E-state index contributed by atoms with van der Waals surface area (Å²) >= 11 is 0. The van der Waals surface area contributed by atoms with Gasteiger partial charge in [0.15, 0.2) is 5.78 Å². The molecule has 26 heavy (non-hydrogen) atoms. The van der Waals surface area contributed by atoms with Gasteiger partial charge in [-0.3, -0.25) is 9.59 Å². The summed E-state index contributed by atoms with van der Waals surface area (Å²) < 4.78 is 5.55. The van der Waals surface area contributed by atoms with Gasteiger partial charge in [-0.2, -0.15) is 0 Å². The molecule has 1 unspecified atom stereocenters. The molecule has 138 valence electrons. The van der Waals surface area contributed by atoms with E-state index in [9.17, 15) is 9.59 Å². The fourth-order valence-corrected chi connectivity index (χ4v) is 2.96. The molecule has 0 radical (unpaired) electrons. The molecule has 2 aromatic rings. The number of carbonyl (C=O) groups is 2.